The largest absolute Gasteiger partial charge is 0.497 e. The van der Waals surface area contributed by atoms with Gasteiger partial charge in [-0.1, -0.05) is 13.8 Å². The van der Waals surface area contributed by atoms with E-state index >= 15 is 0 Å². The van der Waals surface area contributed by atoms with E-state index in [1.165, 1.54) is 16.5 Å². The number of anilines is 1. The van der Waals surface area contributed by atoms with E-state index in [4.69, 9.17) is 14.3 Å². The van der Waals surface area contributed by atoms with Gasteiger partial charge in [0, 0.05) is 75.8 Å². The van der Waals surface area contributed by atoms with Gasteiger partial charge in [0.05, 0.1) is 18.2 Å². The number of hydrogen-bond donors (Lipinski definition) is 1. The molecule has 0 radical (unpaired) electrons. The smallest absolute Gasteiger partial charge is 0.278 e. The average molecular weight is 579 g/mol. The van der Waals surface area contributed by atoms with Gasteiger partial charge in [-0.05, 0) is 68.7 Å². The van der Waals surface area contributed by atoms with Crippen molar-refractivity contribution in [1.29, 1.82) is 0 Å². The predicted octanol–water partition coefficient (Wildman–Crippen LogP) is 4.82. The zero-order valence-corrected chi connectivity index (χ0v) is 25.4. The lowest BCUT2D eigenvalue weighted by Crippen LogP contribution is -2.40. The number of amides is 1. The van der Waals surface area contributed by atoms with Gasteiger partial charge < -0.3 is 23.8 Å². The number of hydrogen-bond acceptors (Lipinski definition) is 8. The van der Waals surface area contributed by atoms with Crippen molar-refractivity contribution in [3.8, 4) is 5.75 Å². The molecule has 0 bridgehead atoms. The minimum absolute atomic E-state index is 0.358. The average Bonchev–Trinajstić information content (AvgIpc) is 3.39. The fraction of sp³-hybridized carbons (Fsp3) is 0.594. The van der Waals surface area contributed by atoms with Crippen LogP contribution in [0.15, 0.2) is 36.8 Å². The second-order valence-electron chi connectivity index (χ2n) is 11.4. The lowest BCUT2D eigenvalue weighted by molar-refractivity contribution is -0.186. The van der Waals surface area contributed by atoms with Crippen LogP contribution in [0.4, 0.5) is 5.95 Å². The number of ether oxygens (including phenoxy) is 2. The molecule has 228 valence electrons. The Morgan fingerprint density at radius 2 is 1.95 bits per heavy atom. The molecule has 42 heavy (non-hydrogen) atoms. The van der Waals surface area contributed by atoms with Crippen molar-refractivity contribution in [1.82, 2.24) is 24.9 Å². The maximum absolute atomic E-state index is 12.4. The third-order valence-corrected chi connectivity index (χ3v) is 8.52. The number of nitrogens with one attached hydrogen (secondary N) is 1. The van der Waals surface area contributed by atoms with Gasteiger partial charge in [0.2, 0.25) is 5.95 Å². The third kappa shape index (κ3) is 7.59. The fourth-order valence-corrected chi connectivity index (χ4v) is 6.02. The zero-order chi connectivity index (χ0) is 29.3. The van der Waals surface area contributed by atoms with Crippen LogP contribution in [-0.4, -0.2) is 78.1 Å². The number of benzene rings is 1. The second kappa shape index (κ2) is 14.8. The molecule has 1 atom stereocenters. The molecule has 2 fully saturated rings. The maximum Gasteiger partial charge on any atom is 0.278 e. The summed E-state index contributed by atoms with van der Waals surface area (Å²) in [5, 5.41) is 1.34. The van der Waals surface area contributed by atoms with Crippen LogP contribution in [-0.2, 0) is 22.5 Å². The van der Waals surface area contributed by atoms with Crippen LogP contribution in [0.2, 0.25) is 0 Å². The summed E-state index contributed by atoms with van der Waals surface area (Å²) in [6.07, 6.45) is 12.3. The Morgan fingerprint density at radius 3 is 2.64 bits per heavy atom. The SMILES string of the molecule is CCCn1cc(CCN(CC)CC2CCN(c3ncc(C(=O)NOC4CCCCO4)cn3)CC2)c2ccc(OC)cc21. The van der Waals surface area contributed by atoms with Crippen LogP contribution in [0.1, 0.15) is 68.3 Å². The molecule has 5 rings (SSSR count). The summed E-state index contributed by atoms with van der Waals surface area (Å²) in [6.45, 7) is 11.2. The van der Waals surface area contributed by atoms with E-state index in [2.05, 4.69) is 68.1 Å². The molecular weight excluding hydrogens is 532 g/mol. The molecule has 2 aliphatic heterocycles. The standard InChI is InChI=1S/C32H46N6O4/c1-4-14-38-23-25(28-10-9-27(40-3)19-29(28)38)13-15-36(5-2)22-24-11-16-37(17-12-24)32-33-20-26(21-34-32)31(39)35-42-30-8-6-7-18-41-30/h9-10,19-21,23-24,30H,4-8,11-18,22H2,1-3H3,(H,35,39). The summed E-state index contributed by atoms with van der Waals surface area (Å²) >= 11 is 0. The van der Waals surface area contributed by atoms with Crippen LogP contribution < -0.4 is 15.1 Å². The Balaban J connectivity index is 1.09. The minimum atomic E-state index is -0.384. The topological polar surface area (TPSA) is 94.0 Å². The van der Waals surface area contributed by atoms with E-state index in [0.717, 1.165) is 90.0 Å². The molecule has 1 amide bonds. The molecule has 4 heterocycles. The number of hydroxylamine groups is 1. The van der Waals surface area contributed by atoms with Crippen molar-refractivity contribution >= 4 is 22.8 Å². The number of aryl methyl sites for hydroxylation is 1. The summed E-state index contributed by atoms with van der Waals surface area (Å²) in [7, 11) is 1.73. The Bertz CT molecular complexity index is 1280. The second-order valence-corrected chi connectivity index (χ2v) is 11.4. The summed E-state index contributed by atoms with van der Waals surface area (Å²) in [5.41, 5.74) is 5.52. The van der Waals surface area contributed by atoms with Crippen molar-refractivity contribution in [2.45, 2.75) is 71.6 Å². The van der Waals surface area contributed by atoms with E-state index in [-0.39, 0.29) is 12.2 Å². The van der Waals surface area contributed by atoms with Crippen molar-refractivity contribution in [3.63, 3.8) is 0 Å². The first-order valence-electron chi connectivity index (χ1n) is 15.6. The highest BCUT2D eigenvalue weighted by Gasteiger charge is 2.23. The van der Waals surface area contributed by atoms with Gasteiger partial charge >= 0.3 is 0 Å². The van der Waals surface area contributed by atoms with Gasteiger partial charge in [0.1, 0.15) is 5.75 Å². The lowest BCUT2D eigenvalue weighted by atomic mass is 9.96. The number of carbonyl (C=O) groups excluding carboxylic acids is 1. The molecular formula is C32H46N6O4. The summed E-state index contributed by atoms with van der Waals surface area (Å²) in [4.78, 5) is 31.6. The molecule has 2 aliphatic rings. The summed E-state index contributed by atoms with van der Waals surface area (Å²) < 4.78 is 13.3. The lowest BCUT2D eigenvalue weighted by Gasteiger charge is -2.34. The van der Waals surface area contributed by atoms with Gasteiger partial charge in [0.25, 0.3) is 5.91 Å². The summed E-state index contributed by atoms with van der Waals surface area (Å²) in [5.74, 6) is 1.88. The molecule has 3 aromatic rings. The maximum atomic E-state index is 12.4. The first-order chi connectivity index (χ1) is 20.6. The predicted molar refractivity (Wildman–Crippen MR) is 164 cm³/mol. The highest BCUT2D eigenvalue weighted by molar-refractivity contribution is 5.92. The number of likely N-dealkylation sites (N-methyl/N-ethyl adjacent to an activating group) is 1. The van der Waals surface area contributed by atoms with Crippen molar-refractivity contribution in [2.24, 2.45) is 5.92 Å². The van der Waals surface area contributed by atoms with Gasteiger partial charge in [-0.15, -0.1) is 0 Å². The number of fused-ring (bicyclic) bond motifs is 1. The Morgan fingerprint density at radius 1 is 1.14 bits per heavy atom. The monoisotopic (exact) mass is 578 g/mol. The van der Waals surface area contributed by atoms with Crippen LogP contribution in [0.5, 0.6) is 5.75 Å². The Labute approximate surface area is 249 Å². The molecule has 1 N–H and O–H groups in total. The molecule has 0 aliphatic carbocycles. The zero-order valence-electron chi connectivity index (χ0n) is 25.4. The highest BCUT2D eigenvalue weighted by atomic mass is 16.8. The third-order valence-electron chi connectivity index (χ3n) is 8.52. The summed E-state index contributed by atoms with van der Waals surface area (Å²) in [6, 6.07) is 6.44. The van der Waals surface area contributed by atoms with Crippen molar-refractivity contribution in [3.05, 3.63) is 47.9 Å². The normalized spacial score (nSPS) is 18.1. The first kappa shape index (κ1) is 30.3. The molecule has 1 aromatic carbocycles. The van der Waals surface area contributed by atoms with E-state index in [1.807, 2.05) is 0 Å². The minimum Gasteiger partial charge on any atom is -0.497 e. The quantitative estimate of drug-likeness (QED) is 0.289. The Hall–Kier alpha value is -3.21. The van der Waals surface area contributed by atoms with Crippen LogP contribution in [0.25, 0.3) is 10.9 Å². The molecule has 10 nitrogen and oxygen atoms in total. The van der Waals surface area contributed by atoms with E-state index in [9.17, 15) is 4.79 Å². The number of rotatable bonds is 13. The fourth-order valence-electron chi connectivity index (χ4n) is 6.02. The van der Waals surface area contributed by atoms with Gasteiger partial charge in [0.15, 0.2) is 6.29 Å². The van der Waals surface area contributed by atoms with E-state index in [1.54, 1.807) is 19.5 Å². The number of methoxy groups -OCH3 is 1. The molecule has 10 heteroatoms. The number of aromatic nitrogens is 3. The van der Waals surface area contributed by atoms with Gasteiger partial charge in [-0.2, -0.15) is 0 Å². The number of piperidine rings is 1. The van der Waals surface area contributed by atoms with Gasteiger partial charge in [-0.25, -0.2) is 20.3 Å². The van der Waals surface area contributed by atoms with Crippen molar-refractivity contribution < 1.29 is 19.1 Å². The number of carbonyl (C=O) groups is 1. The number of nitrogens with zero attached hydrogens (tertiary/aromatic N) is 5. The molecule has 2 saturated heterocycles. The Kier molecular flexibility index (Phi) is 10.7. The highest BCUT2D eigenvalue weighted by Crippen LogP contribution is 2.27. The first-order valence-corrected chi connectivity index (χ1v) is 15.6. The van der Waals surface area contributed by atoms with Crippen molar-refractivity contribution in [2.75, 3.05) is 51.3 Å². The molecule has 2 aromatic heterocycles. The van der Waals surface area contributed by atoms with Crippen LogP contribution in [0.3, 0.4) is 0 Å². The van der Waals surface area contributed by atoms with E-state index in [0.29, 0.717) is 24.0 Å². The van der Waals surface area contributed by atoms with Crippen LogP contribution >= 0.6 is 0 Å². The molecule has 0 saturated carbocycles. The van der Waals surface area contributed by atoms with E-state index < -0.39 is 0 Å². The molecule has 0 spiro atoms. The molecule has 1 unspecified atom stereocenters. The van der Waals surface area contributed by atoms with Gasteiger partial charge in [-0.3, -0.25) is 4.79 Å². The van der Waals surface area contributed by atoms with Crippen LogP contribution in [0, 0.1) is 5.92 Å².